The lowest BCUT2D eigenvalue weighted by molar-refractivity contribution is -0.143. The van der Waals surface area contributed by atoms with Gasteiger partial charge in [0.25, 0.3) is 0 Å². The molecule has 0 spiro atoms. The maximum atomic E-state index is 12.0. The summed E-state index contributed by atoms with van der Waals surface area (Å²) < 4.78 is 5.09. The largest absolute Gasteiger partial charge is 0.465 e. The second kappa shape index (κ2) is 7.00. The zero-order valence-corrected chi connectivity index (χ0v) is 14.5. The van der Waals surface area contributed by atoms with Crippen molar-refractivity contribution in [2.75, 3.05) is 13.2 Å². The van der Waals surface area contributed by atoms with E-state index in [4.69, 9.17) is 17.0 Å². The summed E-state index contributed by atoms with van der Waals surface area (Å²) in [6.07, 6.45) is 1.76. The third kappa shape index (κ3) is 3.26. The van der Waals surface area contributed by atoms with Gasteiger partial charge in [-0.05, 0) is 50.3 Å². The van der Waals surface area contributed by atoms with Gasteiger partial charge in [-0.2, -0.15) is 0 Å². The lowest BCUT2D eigenvalue weighted by Crippen LogP contribution is -2.35. The number of ether oxygens (including phenoxy) is 1. The highest BCUT2D eigenvalue weighted by molar-refractivity contribution is 7.80. The molecule has 0 aliphatic carbocycles. The first-order chi connectivity index (χ1) is 11.6. The van der Waals surface area contributed by atoms with Crippen LogP contribution < -0.4 is 5.32 Å². The van der Waals surface area contributed by atoms with Crippen LogP contribution in [0.25, 0.3) is 0 Å². The minimum atomic E-state index is -0.295. The van der Waals surface area contributed by atoms with Crippen molar-refractivity contribution < 1.29 is 9.53 Å². The summed E-state index contributed by atoms with van der Waals surface area (Å²) in [5.74, 6) is -0.295. The zero-order chi connectivity index (χ0) is 17.1. The highest BCUT2D eigenvalue weighted by Gasteiger charge is 2.41. The Morgan fingerprint density at radius 2 is 2.21 bits per heavy atom. The van der Waals surface area contributed by atoms with Gasteiger partial charge < -0.3 is 19.9 Å². The van der Waals surface area contributed by atoms with Crippen LogP contribution in [0.2, 0.25) is 0 Å². The van der Waals surface area contributed by atoms with E-state index in [1.807, 2.05) is 42.2 Å². The van der Waals surface area contributed by atoms with Crippen LogP contribution in [0.1, 0.15) is 36.1 Å². The van der Waals surface area contributed by atoms with Crippen molar-refractivity contribution in [2.45, 2.75) is 25.9 Å². The van der Waals surface area contributed by atoms with Crippen LogP contribution in [0.5, 0.6) is 0 Å². The van der Waals surface area contributed by atoms with Crippen molar-refractivity contribution in [3.8, 4) is 0 Å². The predicted octanol–water partition coefficient (Wildman–Crippen LogP) is 2.25. The summed E-state index contributed by atoms with van der Waals surface area (Å²) >= 11 is 5.47. The number of carbonyl (C=O) groups is 1. The fraction of sp³-hybridized carbons (Fsp3) is 0.353. The second-order valence-electron chi connectivity index (χ2n) is 5.66. The number of aromatic nitrogens is 2. The number of nitrogens with zero attached hydrogens (tertiary/aromatic N) is 2. The number of aryl methyl sites for hydroxylation is 1. The van der Waals surface area contributed by atoms with Crippen molar-refractivity contribution >= 4 is 23.3 Å². The number of hydrogen-bond donors (Lipinski definition) is 2. The molecule has 3 rings (SSSR count). The number of nitrogens with one attached hydrogen (secondary N) is 2. The predicted molar refractivity (Wildman–Crippen MR) is 94.3 cm³/mol. The fourth-order valence-electron chi connectivity index (χ4n) is 2.96. The summed E-state index contributed by atoms with van der Waals surface area (Å²) in [6, 6.07) is 9.52. The van der Waals surface area contributed by atoms with Crippen molar-refractivity contribution in [3.63, 3.8) is 0 Å². The van der Waals surface area contributed by atoms with E-state index in [1.165, 1.54) is 0 Å². The molecule has 3 heterocycles. The number of thiocarbonyl (C=S) groups is 1. The molecule has 1 fully saturated rings. The molecule has 0 bridgehead atoms. The Bertz CT molecular complexity index is 731. The lowest BCUT2D eigenvalue weighted by Gasteiger charge is -2.26. The number of hydrogen-bond acceptors (Lipinski definition) is 4. The summed E-state index contributed by atoms with van der Waals surface area (Å²) in [6.45, 7) is 4.24. The van der Waals surface area contributed by atoms with Gasteiger partial charge in [-0.1, -0.05) is 6.07 Å². The monoisotopic (exact) mass is 344 g/mol. The number of pyridine rings is 1. The maximum absolute atomic E-state index is 12.0. The molecule has 2 aromatic rings. The molecule has 1 aliphatic heterocycles. The Kier molecular flexibility index (Phi) is 4.80. The summed E-state index contributed by atoms with van der Waals surface area (Å²) in [7, 11) is 0. The van der Waals surface area contributed by atoms with E-state index in [0.29, 0.717) is 11.7 Å². The van der Waals surface area contributed by atoms with E-state index in [1.54, 1.807) is 13.1 Å². The van der Waals surface area contributed by atoms with E-state index in [2.05, 4.69) is 15.3 Å². The Hall–Kier alpha value is -2.41. The van der Waals surface area contributed by atoms with Crippen LogP contribution in [0.4, 0.5) is 0 Å². The van der Waals surface area contributed by atoms with Gasteiger partial charge in [0, 0.05) is 17.6 Å². The molecule has 0 radical (unpaired) electrons. The average Bonchev–Trinajstić information content (AvgIpc) is 3.13. The Labute approximate surface area is 146 Å². The molecule has 0 aromatic carbocycles. The molecule has 7 heteroatoms. The average molecular weight is 344 g/mol. The lowest BCUT2D eigenvalue weighted by atomic mass is 10.0. The molecular formula is C17H20N4O2S. The third-order valence-corrected chi connectivity index (χ3v) is 4.33. The van der Waals surface area contributed by atoms with Crippen molar-refractivity contribution in [3.05, 3.63) is 53.6 Å². The quantitative estimate of drug-likeness (QED) is 0.640. The molecule has 24 heavy (non-hydrogen) atoms. The standard InChI is InChI=1S/C17H20N4O2S/c1-3-23-14(22)10-21-16(13-8-7-11(2)19-13)15(20-17(21)24)12-6-4-5-9-18-12/h4-9,15-16,19H,3,10H2,1-2H3,(H,20,24)/t15-,16-/m0/s1. The van der Waals surface area contributed by atoms with E-state index in [0.717, 1.165) is 17.1 Å². The Morgan fingerprint density at radius 3 is 2.83 bits per heavy atom. The van der Waals surface area contributed by atoms with Gasteiger partial charge in [0.05, 0.1) is 24.4 Å². The van der Waals surface area contributed by atoms with Crippen LogP contribution in [0.3, 0.4) is 0 Å². The van der Waals surface area contributed by atoms with E-state index < -0.39 is 0 Å². The SMILES string of the molecule is CCOC(=O)CN1C(=S)N[C@@H](c2ccccn2)[C@@H]1c1ccc(C)[nH]1. The van der Waals surface area contributed by atoms with Gasteiger partial charge in [-0.25, -0.2) is 0 Å². The Morgan fingerprint density at radius 1 is 1.38 bits per heavy atom. The number of H-pyrrole nitrogens is 1. The first-order valence-electron chi connectivity index (χ1n) is 7.89. The molecule has 2 N–H and O–H groups in total. The molecule has 0 unspecified atom stereocenters. The molecule has 126 valence electrons. The van der Waals surface area contributed by atoms with Crippen LogP contribution in [0.15, 0.2) is 36.5 Å². The highest BCUT2D eigenvalue weighted by atomic mass is 32.1. The highest BCUT2D eigenvalue weighted by Crippen LogP contribution is 2.37. The van der Waals surface area contributed by atoms with Crippen LogP contribution in [-0.2, 0) is 9.53 Å². The molecule has 0 saturated carbocycles. The van der Waals surface area contributed by atoms with Gasteiger partial charge in [-0.15, -0.1) is 0 Å². The van der Waals surface area contributed by atoms with Crippen molar-refractivity contribution in [1.82, 2.24) is 20.2 Å². The number of esters is 1. The smallest absolute Gasteiger partial charge is 0.325 e. The summed E-state index contributed by atoms with van der Waals surface area (Å²) in [4.78, 5) is 21.7. The number of rotatable bonds is 5. The van der Waals surface area contributed by atoms with Gasteiger partial charge in [0.2, 0.25) is 0 Å². The molecule has 6 nitrogen and oxygen atoms in total. The minimum Gasteiger partial charge on any atom is -0.465 e. The molecule has 1 saturated heterocycles. The van der Waals surface area contributed by atoms with E-state index in [9.17, 15) is 4.79 Å². The molecule has 0 amide bonds. The van der Waals surface area contributed by atoms with E-state index in [-0.39, 0.29) is 24.6 Å². The summed E-state index contributed by atoms with van der Waals surface area (Å²) in [5, 5.41) is 3.82. The zero-order valence-electron chi connectivity index (χ0n) is 13.7. The van der Waals surface area contributed by atoms with Crippen LogP contribution >= 0.6 is 12.2 Å². The first-order valence-corrected chi connectivity index (χ1v) is 8.30. The first kappa shape index (κ1) is 16.4. The minimum absolute atomic E-state index is 0.103. The number of aromatic amines is 1. The van der Waals surface area contributed by atoms with Crippen molar-refractivity contribution in [1.29, 1.82) is 0 Å². The van der Waals surface area contributed by atoms with Gasteiger partial charge in [0.15, 0.2) is 5.11 Å². The van der Waals surface area contributed by atoms with Gasteiger partial charge in [-0.3, -0.25) is 9.78 Å². The van der Waals surface area contributed by atoms with Crippen LogP contribution in [-0.4, -0.2) is 39.1 Å². The molecule has 1 aliphatic rings. The second-order valence-corrected chi connectivity index (χ2v) is 6.04. The number of carbonyl (C=O) groups excluding carboxylic acids is 1. The van der Waals surface area contributed by atoms with Crippen LogP contribution in [0, 0.1) is 6.92 Å². The summed E-state index contributed by atoms with van der Waals surface area (Å²) in [5.41, 5.74) is 2.92. The Balaban J connectivity index is 1.95. The third-order valence-electron chi connectivity index (χ3n) is 3.98. The molecule has 2 aromatic heterocycles. The van der Waals surface area contributed by atoms with Gasteiger partial charge in [0.1, 0.15) is 6.54 Å². The molecule has 2 atom stereocenters. The fourth-order valence-corrected chi connectivity index (χ4v) is 3.26. The molecular weight excluding hydrogens is 324 g/mol. The van der Waals surface area contributed by atoms with Gasteiger partial charge >= 0.3 is 5.97 Å². The van der Waals surface area contributed by atoms with Crippen molar-refractivity contribution in [2.24, 2.45) is 0 Å². The normalized spacial score (nSPS) is 20.1. The maximum Gasteiger partial charge on any atom is 0.325 e. The van der Waals surface area contributed by atoms with E-state index >= 15 is 0 Å². The topological polar surface area (TPSA) is 70.2 Å².